The van der Waals surface area contributed by atoms with Crippen molar-refractivity contribution in [3.05, 3.63) is 92.9 Å². The third-order valence-corrected chi connectivity index (χ3v) is 5.96. The summed E-state index contributed by atoms with van der Waals surface area (Å²) in [6, 6.07) is 3.69. The molecule has 11 heteroatoms. The lowest BCUT2D eigenvalue weighted by molar-refractivity contribution is 0.0688. The minimum atomic E-state index is -1.36. The minimum Gasteiger partial charge on any atom is -0.484 e. The lowest BCUT2D eigenvalue weighted by Crippen LogP contribution is -2.26. The number of ether oxygens (including phenoxy) is 1. The third-order valence-electron chi connectivity index (χ3n) is 5.96. The summed E-state index contributed by atoms with van der Waals surface area (Å²) in [4.78, 5) is 29.7. The Morgan fingerprint density at radius 1 is 1.05 bits per heavy atom. The molecule has 8 nitrogen and oxygen atoms in total. The Kier molecular flexibility index (Phi) is 7.07. The summed E-state index contributed by atoms with van der Waals surface area (Å²) >= 11 is 0. The first-order chi connectivity index (χ1) is 17.8. The molecule has 0 radical (unpaired) electrons. The zero-order chi connectivity index (χ0) is 27.9. The highest BCUT2D eigenvalue weighted by Gasteiger charge is 2.25. The van der Waals surface area contributed by atoms with Gasteiger partial charge in [0.25, 0.3) is 5.56 Å². The van der Waals surface area contributed by atoms with Crippen LogP contribution in [0.4, 0.5) is 13.2 Å². The molecule has 4 aromatic heterocycles. The van der Waals surface area contributed by atoms with Gasteiger partial charge < -0.3 is 9.84 Å². The van der Waals surface area contributed by atoms with Crippen LogP contribution in [-0.4, -0.2) is 29.6 Å². The number of rotatable bonds is 6. The summed E-state index contributed by atoms with van der Waals surface area (Å²) < 4.78 is 50.4. The van der Waals surface area contributed by atoms with E-state index in [0.29, 0.717) is 17.3 Å². The second kappa shape index (κ2) is 9.97. The van der Waals surface area contributed by atoms with Gasteiger partial charge in [-0.25, -0.2) is 23.1 Å². The summed E-state index contributed by atoms with van der Waals surface area (Å²) in [6.45, 7) is 9.26. The van der Waals surface area contributed by atoms with E-state index in [4.69, 9.17) is 4.74 Å². The van der Waals surface area contributed by atoms with Crippen molar-refractivity contribution >= 4 is 0 Å². The lowest BCUT2D eigenvalue weighted by atomic mass is 10.1. The van der Waals surface area contributed by atoms with E-state index in [9.17, 15) is 18.7 Å². The van der Waals surface area contributed by atoms with Gasteiger partial charge >= 0.3 is 0 Å². The van der Waals surface area contributed by atoms with Crippen molar-refractivity contribution in [3.63, 3.8) is 0 Å². The molecule has 0 amide bonds. The molecule has 0 fully saturated rings. The van der Waals surface area contributed by atoms with Crippen LogP contribution in [0.3, 0.4) is 0 Å². The third kappa shape index (κ3) is 5.01. The standard InChI is InChI=1S/C27H26F3N5O3/c1-13-11-32-23(19-7-8-31-26(34-19)27(5,6)37)21(30)24(13)35-14(2)9-20(15(3)25(35)36)38-16(4)22-18(29)10-17(28)12-33-22/h7-12,16,37H,1-6H3/t16-/m0/s1. The summed E-state index contributed by atoms with van der Waals surface area (Å²) in [5.41, 5.74) is -1.15. The van der Waals surface area contributed by atoms with Crippen molar-refractivity contribution in [2.75, 3.05) is 0 Å². The molecule has 4 heterocycles. The van der Waals surface area contributed by atoms with E-state index in [1.54, 1.807) is 13.8 Å². The molecule has 0 bridgehead atoms. The first-order valence-electron chi connectivity index (χ1n) is 11.7. The molecule has 4 aromatic rings. The number of pyridine rings is 3. The van der Waals surface area contributed by atoms with Gasteiger partial charge in [0.2, 0.25) is 0 Å². The van der Waals surface area contributed by atoms with Crippen LogP contribution in [0.25, 0.3) is 17.1 Å². The quantitative estimate of drug-likeness (QED) is 0.386. The van der Waals surface area contributed by atoms with Crippen molar-refractivity contribution in [2.24, 2.45) is 0 Å². The normalized spacial score (nSPS) is 12.5. The van der Waals surface area contributed by atoms with Crippen LogP contribution in [0.2, 0.25) is 0 Å². The molecule has 0 aliphatic heterocycles. The van der Waals surface area contributed by atoms with E-state index in [2.05, 4.69) is 19.9 Å². The summed E-state index contributed by atoms with van der Waals surface area (Å²) in [5.74, 6) is -2.24. The van der Waals surface area contributed by atoms with Crippen LogP contribution in [0.5, 0.6) is 5.75 Å². The molecule has 0 aromatic carbocycles. The maximum absolute atomic E-state index is 16.0. The van der Waals surface area contributed by atoms with Crippen molar-refractivity contribution in [1.82, 2.24) is 24.5 Å². The Balaban J connectivity index is 1.80. The van der Waals surface area contributed by atoms with E-state index in [1.807, 2.05) is 0 Å². The number of halogens is 3. The predicted octanol–water partition coefficient (Wildman–Crippen LogP) is 4.79. The van der Waals surface area contributed by atoms with Crippen molar-refractivity contribution in [3.8, 4) is 22.8 Å². The molecule has 0 saturated carbocycles. The highest BCUT2D eigenvalue weighted by molar-refractivity contribution is 5.61. The van der Waals surface area contributed by atoms with Crippen molar-refractivity contribution < 1.29 is 23.0 Å². The van der Waals surface area contributed by atoms with E-state index in [0.717, 1.165) is 6.20 Å². The first kappa shape index (κ1) is 26.9. The second-order valence-corrected chi connectivity index (χ2v) is 9.47. The Hall–Kier alpha value is -4.12. The van der Waals surface area contributed by atoms with Crippen LogP contribution in [0, 0.1) is 38.2 Å². The lowest BCUT2D eigenvalue weighted by Gasteiger charge is -2.20. The number of aliphatic hydroxyl groups is 1. The largest absolute Gasteiger partial charge is 0.484 e. The van der Waals surface area contributed by atoms with Crippen molar-refractivity contribution in [1.29, 1.82) is 0 Å². The van der Waals surface area contributed by atoms with Gasteiger partial charge in [0, 0.05) is 30.2 Å². The first-order valence-corrected chi connectivity index (χ1v) is 11.7. The summed E-state index contributed by atoms with van der Waals surface area (Å²) in [6.07, 6.45) is 2.77. The molecular weight excluding hydrogens is 499 g/mol. The molecule has 0 unspecified atom stereocenters. The van der Waals surface area contributed by atoms with Crippen LogP contribution < -0.4 is 10.3 Å². The maximum Gasteiger partial charge on any atom is 0.262 e. The van der Waals surface area contributed by atoms with Gasteiger partial charge in [0.1, 0.15) is 34.7 Å². The summed E-state index contributed by atoms with van der Waals surface area (Å²) in [5, 5.41) is 10.3. The van der Waals surface area contributed by atoms with Crippen LogP contribution in [0.15, 0.2) is 41.6 Å². The average molecular weight is 526 g/mol. The number of hydrogen-bond donors (Lipinski definition) is 1. The van der Waals surface area contributed by atoms with E-state index in [1.165, 1.54) is 56.8 Å². The molecule has 1 N–H and O–H groups in total. The smallest absolute Gasteiger partial charge is 0.262 e. The molecule has 0 saturated heterocycles. The van der Waals surface area contributed by atoms with Crippen LogP contribution >= 0.6 is 0 Å². The van der Waals surface area contributed by atoms with Crippen LogP contribution in [-0.2, 0) is 5.60 Å². The molecule has 0 aliphatic rings. The Labute approximate surface area is 216 Å². The van der Waals surface area contributed by atoms with Gasteiger partial charge in [-0.15, -0.1) is 0 Å². The Bertz CT molecular complexity index is 1600. The molecule has 0 aliphatic carbocycles. The average Bonchev–Trinajstić information content (AvgIpc) is 2.84. The minimum absolute atomic E-state index is 0.0186. The van der Waals surface area contributed by atoms with Gasteiger partial charge in [-0.05, 0) is 53.2 Å². The topological polar surface area (TPSA) is 103 Å². The fourth-order valence-corrected chi connectivity index (χ4v) is 3.97. The van der Waals surface area contributed by atoms with Gasteiger partial charge in [-0.1, -0.05) is 0 Å². The zero-order valence-corrected chi connectivity index (χ0v) is 21.7. The van der Waals surface area contributed by atoms with Gasteiger partial charge in [-0.2, -0.15) is 0 Å². The Morgan fingerprint density at radius 2 is 1.76 bits per heavy atom. The van der Waals surface area contributed by atoms with Gasteiger partial charge in [0.05, 0.1) is 23.1 Å². The SMILES string of the molecule is Cc1cnc(-c2ccnc(C(C)(C)O)n2)c(F)c1-n1c(C)cc(O[C@@H](C)c2ncc(F)cc2F)c(C)c1=O. The fourth-order valence-electron chi connectivity index (χ4n) is 3.97. The van der Waals surface area contributed by atoms with Crippen molar-refractivity contribution in [2.45, 2.75) is 53.2 Å². The number of aryl methyl sites for hydroxylation is 2. The Morgan fingerprint density at radius 3 is 2.42 bits per heavy atom. The molecular formula is C27H26F3N5O3. The second-order valence-electron chi connectivity index (χ2n) is 9.47. The predicted molar refractivity (Wildman–Crippen MR) is 133 cm³/mol. The number of hydrogen-bond acceptors (Lipinski definition) is 7. The molecule has 0 spiro atoms. The van der Waals surface area contributed by atoms with E-state index >= 15 is 4.39 Å². The monoisotopic (exact) mass is 525 g/mol. The highest BCUT2D eigenvalue weighted by atomic mass is 19.1. The zero-order valence-electron chi connectivity index (χ0n) is 21.7. The highest BCUT2D eigenvalue weighted by Crippen LogP contribution is 2.30. The molecule has 4 rings (SSSR count). The van der Waals surface area contributed by atoms with E-state index < -0.39 is 34.7 Å². The van der Waals surface area contributed by atoms with Crippen LogP contribution in [0.1, 0.15) is 55.2 Å². The van der Waals surface area contributed by atoms with E-state index in [-0.39, 0.29) is 39.9 Å². The number of nitrogens with zero attached hydrogens (tertiary/aromatic N) is 5. The van der Waals surface area contributed by atoms with Gasteiger partial charge in [-0.3, -0.25) is 19.3 Å². The van der Waals surface area contributed by atoms with Gasteiger partial charge in [0.15, 0.2) is 17.5 Å². The number of aromatic nitrogens is 5. The maximum atomic E-state index is 16.0. The summed E-state index contributed by atoms with van der Waals surface area (Å²) in [7, 11) is 0. The molecule has 198 valence electrons. The molecule has 38 heavy (non-hydrogen) atoms. The molecule has 1 atom stereocenters. The fraction of sp³-hybridized carbons (Fsp3) is 0.296.